The van der Waals surface area contributed by atoms with Crippen LogP contribution in [0.4, 0.5) is 8.78 Å². The van der Waals surface area contributed by atoms with Crippen LogP contribution in [0.25, 0.3) is 0 Å². The lowest BCUT2D eigenvalue weighted by Gasteiger charge is -2.09. The van der Waals surface area contributed by atoms with E-state index in [1.807, 2.05) is 0 Å². The molecule has 0 spiro atoms. The highest BCUT2D eigenvalue weighted by molar-refractivity contribution is 5.23. The van der Waals surface area contributed by atoms with E-state index < -0.39 is 17.7 Å². The molecule has 1 unspecified atom stereocenters. The van der Waals surface area contributed by atoms with Crippen LogP contribution < -0.4 is 10.5 Å². The maximum absolute atomic E-state index is 12.6. The second-order valence-corrected chi connectivity index (χ2v) is 2.81. The topological polar surface area (TPSA) is 55.5 Å². The van der Waals surface area contributed by atoms with Gasteiger partial charge in [-0.2, -0.15) is 0 Å². The summed E-state index contributed by atoms with van der Waals surface area (Å²) in [5.41, 5.74) is 5.12. The van der Waals surface area contributed by atoms with Gasteiger partial charge in [-0.05, 0) is 0 Å². The van der Waals surface area contributed by atoms with Crippen molar-refractivity contribution >= 4 is 0 Å². The minimum Gasteiger partial charge on any atom is -0.491 e. The zero-order valence-corrected chi connectivity index (χ0v) is 7.41. The van der Waals surface area contributed by atoms with Crippen molar-refractivity contribution in [2.45, 2.75) is 6.10 Å². The first-order valence-electron chi connectivity index (χ1n) is 4.09. The van der Waals surface area contributed by atoms with Gasteiger partial charge in [0.05, 0.1) is 0 Å². The van der Waals surface area contributed by atoms with Crippen LogP contribution in [0.5, 0.6) is 5.75 Å². The molecule has 0 aromatic heterocycles. The molecule has 0 saturated heterocycles. The molecule has 78 valence electrons. The first-order chi connectivity index (χ1) is 6.61. The van der Waals surface area contributed by atoms with E-state index in [0.29, 0.717) is 0 Å². The maximum Gasteiger partial charge on any atom is 0.129 e. The van der Waals surface area contributed by atoms with Crippen molar-refractivity contribution in [3.05, 3.63) is 29.8 Å². The molecule has 1 aromatic rings. The Labute approximate surface area is 80.1 Å². The van der Waals surface area contributed by atoms with Gasteiger partial charge in [0.25, 0.3) is 0 Å². The van der Waals surface area contributed by atoms with Crippen LogP contribution in [0.2, 0.25) is 0 Å². The molecule has 3 N–H and O–H groups in total. The van der Waals surface area contributed by atoms with Crippen LogP contribution in [-0.4, -0.2) is 24.4 Å². The number of halogens is 2. The average molecular weight is 203 g/mol. The molecular formula is C9H11F2NO2. The molecule has 1 aromatic carbocycles. The molecule has 0 fully saturated rings. The Bertz CT molecular complexity index is 287. The van der Waals surface area contributed by atoms with Gasteiger partial charge in [0.2, 0.25) is 0 Å². The van der Waals surface area contributed by atoms with Gasteiger partial charge in [-0.25, -0.2) is 8.78 Å². The van der Waals surface area contributed by atoms with E-state index >= 15 is 0 Å². The molecule has 0 amide bonds. The first kappa shape index (κ1) is 10.9. The van der Waals surface area contributed by atoms with E-state index in [4.69, 9.17) is 15.6 Å². The largest absolute Gasteiger partial charge is 0.491 e. The lowest BCUT2D eigenvalue weighted by molar-refractivity contribution is 0.114. The van der Waals surface area contributed by atoms with Gasteiger partial charge in [-0.1, -0.05) is 0 Å². The highest BCUT2D eigenvalue weighted by atomic mass is 19.1. The average Bonchev–Trinajstić information content (AvgIpc) is 2.12. The summed E-state index contributed by atoms with van der Waals surface area (Å²) in [7, 11) is 0. The minimum atomic E-state index is -0.832. The number of ether oxygens (including phenoxy) is 1. The molecule has 3 nitrogen and oxygen atoms in total. The molecule has 5 heteroatoms. The van der Waals surface area contributed by atoms with Gasteiger partial charge >= 0.3 is 0 Å². The summed E-state index contributed by atoms with van der Waals surface area (Å²) in [6, 6.07) is 2.81. The van der Waals surface area contributed by atoms with Crippen LogP contribution in [0, 0.1) is 11.6 Å². The normalized spacial score (nSPS) is 12.6. The molecule has 1 rings (SSSR count). The Kier molecular flexibility index (Phi) is 3.79. The fourth-order valence-electron chi connectivity index (χ4n) is 0.872. The van der Waals surface area contributed by atoms with Gasteiger partial charge in [0.1, 0.15) is 30.1 Å². The third-order valence-electron chi connectivity index (χ3n) is 1.55. The number of aliphatic hydroxyl groups excluding tert-OH is 1. The lowest BCUT2D eigenvalue weighted by atomic mass is 10.3. The molecule has 0 aliphatic rings. The smallest absolute Gasteiger partial charge is 0.129 e. The van der Waals surface area contributed by atoms with Crippen molar-refractivity contribution in [2.24, 2.45) is 5.73 Å². The molecule has 1 atom stereocenters. The van der Waals surface area contributed by atoms with Crippen LogP contribution in [0.1, 0.15) is 0 Å². The first-order valence-corrected chi connectivity index (χ1v) is 4.09. The van der Waals surface area contributed by atoms with Gasteiger partial charge in [-0.3, -0.25) is 0 Å². The standard InChI is InChI=1S/C9H11F2NO2/c10-6-1-7(11)3-9(2-6)14-5-8(13)4-12/h1-3,8,13H,4-5,12H2. The lowest BCUT2D eigenvalue weighted by Crippen LogP contribution is -2.26. The SMILES string of the molecule is NCC(O)COc1cc(F)cc(F)c1. The molecule has 0 aliphatic heterocycles. The summed E-state index contributed by atoms with van der Waals surface area (Å²) < 4.78 is 30.2. The van der Waals surface area contributed by atoms with Crippen molar-refractivity contribution < 1.29 is 18.6 Å². The third kappa shape index (κ3) is 3.27. The monoisotopic (exact) mass is 203 g/mol. The summed E-state index contributed by atoms with van der Waals surface area (Å²) in [5.74, 6) is -1.40. The Morgan fingerprint density at radius 2 is 1.86 bits per heavy atom. The summed E-state index contributed by atoms with van der Waals surface area (Å²) in [5, 5.41) is 9.02. The second kappa shape index (κ2) is 4.88. The summed E-state index contributed by atoms with van der Waals surface area (Å²) in [6.07, 6.45) is -0.832. The zero-order chi connectivity index (χ0) is 10.6. The summed E-state index contributed by atoms with van der Waals surface area (Å²) >= 11 is 0. The van der Waals surface area contributed by atoms with Crippen molar-refractivity contribution in [2.75, 3.05) is 13.2 Å². The number of aliphatic hydroxyl groups is 1. The highest BCUT2D eigenvalue weighted by Gasteiger charge is 2.04. The third-order valence-corrected chi connectivity index (χ3v) is 1.55. The molecule has 0 saturated carbocycles. The Hall–Kier alpha value is -1.20. The zero-order valence-electron chi connectivity index (χ0n) is 7.41. The van der Waals surface area contributed by atoms with Crippen LogP contribution in [-0.2, 0) is 0 Å². The summed E-state index contributed by atoms with van der Waals surface area (Å²) in [6.45, 7) is -0.0445. The number of benzene rings is 1. The minimum absolute atomic E-state index is 0.0370. The predicted molar refractivity (Wildman–Crippen MR) is 46.9 cm³/mol. The number of hydrogen-bond donors (Lipinski definition) is 2. The molecule has 0 heterocycles. The van der Waals surface area contributed by atoms with Gasteiger partial charge in [0, 0.05) is 24.7 Å². The second-order valence-electron chi connectivity index (χ2n) is 2.81. The number of nitrogens with two attached hydrogens (primary N) is 1. The molecule has 0 radical (unpaired) electrons. The Balaban J connectivity index is 2.58. The Morgan fingerprint density at radius 1 is 1.29 bits per heavy atom. The van der Waals surface area contributed by atoms with E-state index in [2.05, 4.69) is 0 Å². The number of rotatable bonds is 4. The molecular weight excluding hydrogens is 192 g/mol. The molecule has 0 aliphatic carbocycles. The van der Waals surface area contributed by atoms with Crippen molar-refractivity contribution in [3.8, 4) is 5.75 Å². The highest BCUT2D eigenvalue weighted by Crippen LogP contribution is 2.15. The fourth-order valence-corrected chi connectivity index (χ4v) is 0.872. The van der Waals surface area contributed by atoms with Gasteiger partial charge in [-0.15, -0.1) is 0 Å². The van der Waals surface area contributed by atoms with Gasteiger partial charge < -0.3 is 15.6 Å². The molecule has 0 bridgehead atoms. The van der Waals surface area contributed by atoms with Crippen molar-refractivity contribution in [1.29, 1.82) is 0 Å². The summed E-state index contributed by atoms with van der Waals surface area (Å²) in [4.78, 5) is 0. The Morgan fingerprint density at radius 3 is 2.36 bits per heavy atom. The van der Waals surface area contributed by atoms with Crippen molar-refractivity contribution in [1.82, 2.24) is 0 Å². The van der Waals surface area contributed by atoms with Crippen molar-refractivity contribution in [3.63, 3.8) is 0 Å². The van der Waals surface area contributed by atoms with E-state index in [0.717, 1.165) is 18.2 Å². The van der Waals surface area contributed by atoms with Gasteiger partial charge in [0.15, 0.2) is 0 Å². The van der Waals surface area contributed by atoms with E-state index in [-0.39, 0.29) is 18.9 Å². The van der Waals surface area contributed by atoms with Crippen LogP contribution in [0.3, 0.4) is 0 Å². The molecule has 14 heavy (non-hydrogen) atoms. The van der Waals surface area contributed by atoms with Crippen LogP contribution in [0.15, 0.2) is 18.2 Å². The quantitative estimate of drug-likeness (QED) is 0.756. The van der Waals surface area contributed by atoms with Crippen LogP contribution >= 0.6 is 0 Å². The van der Waals surface area contributed by atoms with E-state index in [1.165, 1.54) is 0 Å². The predicted octanol–water partition coefficient (Wildman–Crippen LogP) is 0.663. The van der Waals surface area contributed by atoms with E-state index in [9.17, 15) is 8.78 Å². The van der Waals surface area contributed by atoms with E-state index in [1.54, 1.807) is 0 Å². The maximum atomic E-state index is 12.6. The number of hydrogen-bond acceptors (Lipinski definition) is 3. The fraction of sp³-hybridized carbons (Fsp3) is 0.333.